The summed E-state index contributed by atoms with van der Waals surface area (Å²) in [4.78, 5) is 12.2. The van der Waals surface area contributed by atoms with Crippen molar-refractivity contribution in [3.8, 4) is 0 Å². The molecule has 0 saturated heterocycles. The standard InChI is InChI=1S/C8H15NO4/c1-3-4-13-8(12)9(2)5-7(11)6-10/h3,7,10-11H,1,4-6H2,2H3/t7-/m0/s1. The molecule has 0 saturated carbocycles. The van der Waals surface area contributed by atoms with Crippen molar-refractivity contribution < 1.29 is 19.7 Å². The molecule has 0 fully saturated rings. The molecule has 0 aromatic rings. The van der Waals surface area contributed by atoms with Crippen LogP contribution in [0.15, 0.2) is 12.7 Å². The van der Waals surface area contributed by atoms with Crippen LogP contribution in [0, 0.1) is 0 Å². The van der Waals surface area contributed by atoms with Gasteiger partial charge < -0.3 is 19.8 Å². The van der Waals surface area contributed by atoms with Crippen LogP contribution in [0.1, 0.15) is 0 Å². The van der Waals surface area contributed by atoms with Crippen molar-refractivity contribution in [1.29, 1.82) is 0 Å². The number of hydrogen-bond acceptors (Lipinski definition) is 4. The van der Waals surface area contributed by atoms with Crippen LogP contribution < -0.4 is 0 Å². The first kappa shape index (κ1) is 11.9. The maximum absolute atomic E-state index is 11.0. The van der Waals surface area contributed by atoms with Crippen LogP contribution in [-0.4, -0.2) is 54.1 Å². The fourth-order valence-electron chi connectivity index (χ4n) is 0.689. The van der Waals surface area contributed by atoms with Crippen LogP contribution in [0.25, 0.3) is 0 Å². The largest absolute Gasteiger partial charge is 0.445 e. The first-order valence-electron chi connectivity index (χ1n) is 3.89. The molecule has 0 bridgehead atoms. The molecule has 0 aliphatic rings. The minimum Gasteiger partial charge on any atom is -0.445 e. The molecule has 0 aromatic heterocycles. The molecular weight excluding hydrogens is 174 g/mol. The number of hydrogen-bond donors (Lipinski definition) is 2. The molecule has 5 heteroatoms. The van der Waals surface area contributed by atoms with E-state index >= 15 is 0 Å². The van der Waals surface area contributed by atoms with Crippen LogP contribution in [0.4, 0.5) is 4.79 Å². The fraction of sp³-hybridized carbons (Fsp3) is 0.625. The molecule has 0 aromatic carbocycles. The predicted molar refractivity (Wildman–Crippen MR) is 47.3 cm³/mol. The monoisotopic (exact) mass is 189 g/mol. The lowest BCUT2D eigenvalue weighted by Crippen LogP contribution is -2.36. The summed E-state index contributed by atoms with van der Waals surface area (Å²) >= 11 is 0. The third-order valence-corrected chi connectivity index (χ3v) is 1.33. The molecular formula is C8H15NO4. The second-order valence-electron chi connectivity index (χ2n) is 2.58. The summed E-state index contributed by atoms with van der Waals surface area (Å²) in [5.74, 6) is 0. The second-order valence-corrected chi connectivity index (χ2v) is 2.58. The molecule has 0 spiro atoms. The fourth-order valence-corrected chi connectivity index (χ4v) is 0.689. The van der Waals surface area contributed by atoms with E-state index in [2.05, 4.69) is 11.3 Å². The third-order valence-electron chi connectivity index (χ3n) is 1.33. The Hall–Kier alpha value is -1.07. The Morgan fingerprint density at radius 3 is 2.85 bits per heavy atom. The number of rotatable bonds is 5. The molecule has 1 amide bonds. The number of amides is 1. The Kier molecular flexibility index (Phi) is 5.92. The maximum Gasteiger partial charge on any atom is 0.409 e. The minimum absolute atomic E-state index is 0.0481. The van der Waals surface area contributed by atoms with Crippen LogP contribution in [0.5, 0.6) is 0 Å². The maximum atomic E-state index is 11.0. The predicted octanol–water partition coefficient (Wildman–Crippen LogP) is -0.406. The molecule has 0 aliphatic carbocycles. The van der Waals surface area contributed by atoms with E-state index in [1.165, 1.54) is 18.0 Å². The van der Waals surface area contributed by atoms with Gasteiger partial charge in [0, 0.05) is 7.05 Å². The SMILES string of the molecule is C=CCOC(=O)N(C)C[C@H](O)CO. The van der Waals surface area contributed by atoms with Crippen LogP contribution in [-0.2, 0) is 4.74 Å². The van der Waals surface area contributed by atoms with Crippen molar-refractivity contribution >= 4 is 6.09 Å². The van der Waals surface area contributed by atoms with Crippen molar-refractivity contribution in [3.05, 3.63) is 12.7 Å². The lowest BCUT2D eigenvalue weighted by molar-refractivity contribution is 0.0573. The van der Waals surface area contributed by atoms with E-state index in [0.29, 0.717) is 0 Å². The van der Waals surface area contributed by atoms with Gasteiger partial charge in [0.05, 0.1) is 19.3 Å². The highest BCUT2D eigenvalue weighted by Crippen LogP contribution is 1.93. The van der Waals surface area contributed by atoms with Crippen LogP contribution in [0.2, 0.25) is 0 Å². The molecule has 0 radical (unpaired) electrons. The van der Waals surface area contributed by atoms with Gasteiger partial charge in [-0.25, -0.2) is 4.79 Å². The van der Waals surface area contributed by atoms with Gasteiger partial charge in [0.2, 0.25) is 0 Å². The van der Waals surface area contributed by atoms with E-state index < -0.39 is 12.2 Å². The Morgan fingerprint density at radius 2 is 2.38 bits per heavy atom. The van der Waals surface area contributed by atoms with E-state index in [1.807, 2.05) is 0 Å². The quantitative estimate of drug-likeness (QED) is 0.577. The molecule has 2 N–H and O–H groups in total. The average Bonchev–Trinajstić information content (AvgIpc) is 2.13. The zero-order chi connectivity index (χ0) is 10.3. The van der Waals surface area contributed by atoms with Gasteiger partial charge in [0.15, 0.2) is 0 Å². The summed E-state index contributed by atoms with van der Waals surface area (Å²) in [7, 11) is 1.48. The number of aliphatic hydroxyl groups is 2. The number of carbonyl (C=O) groups is 1. The van der Waals surface area contributed by atoms with E-state index in [-0.39, 0.29) is 19.8 Å². The average molecular weight is 189 g/mol. The van der Waals surface area contributed by atoms with Crippen molar-refractivity contribution in [2.45, 2.75) is 6.10 Å². The van der Waals surface area contributed by atoms with E-state index in [0.717, 1.165) is 0 Å². The zero-order valence-corrected chi connectivity index (χ0v) is 7.64. The zero-order valence-electron chi connectivity index (χ0n) is 7.64. The second kappa shape index (κ2) is 6.45. The molecule has 0 rings (SSSR count). The van der Waals surface area contributed by atoms with Gasteiger partial charge in [-0.05, 0) is 0 Å². The summed E-state index contributed by atoms with van der Waals surface area (Å²) in [6, 6.07) is 0. The van der Waals surface area contributed by atoms with Gasteiger partial charge in [-0.2, -0.15) is 0 Å². The van der Waals surface area contributed by atoms with Gasteiger partial charge in [0.25, 0.3) is 0 Å². The topological polar surface area (TPSA) is 70.0 Å². The number of likely N-dealkylation sites (N-methyl/N-ethyl adjacent to an activating group) is 1. The van der Waals surface area contributed by atoms with Gasteiger partial charge in [-0.1, -0.05) is 12.7 Å². The molecule has 5 nitrogen and oxygen atoms in total. The number of ether oxygens (including phenoxy) is 1. The molecule has 0 heterocycles. The lowest BCUT2D eigenvalue weighted by Gasteiger charge is -2.18. The van der Waals surface area contributed by atoms with Crippen molar-refractivity contribution in [2.75, 3.05) is 26.8 Å². The highest BCUT2D eigenvalue weighted by atomic mass is 16.6. The minimum atomic E-state index is -0.929. The van der Waals surface area contributed by atoms with E-state index in [4.69, 9.17) is 10.2 Å². The Labute approximate surface area is 77.2 Å². The van der Waals surface area contributed by atoms with Crippen molar-refractivity contribution in [3.63, 3.8) is 0 Å². The molecule has 0 unspecified atom stereocenters. The number of carbonyl (C=O) groups excluding carboxylic acids is 1. The summed E-state index contributed by atoms with van der Waals surface area (Å²) in [5.41, 5.74) is 0. The van der Waals surface area contributed by atoms with Gasteiger partial charge >= 0.3 is 6.09 Å². The highest BCUT2D eigenvalue weighted by Gasteiger charge is 2.13. The van der Waals surface area contributed by atoms with Gasteiger partial charge in [-0.15, -0.1) is 0 Å². The normalized spacial score (nSPS) is 11.9. The van der Waals surface area contributed by atoms with Crippen LogP contribution >= 0.6 is 0 Å². The van der Waals surface area contributed by atoms with Crippen molar-refractivity contribution in [2.24, 2.45) is 0 Å². The summed E-state index contributed by atoms with van der Waals surface area (Å²) < 4.78 is 4.67. The van der Waals surface area contributed by atoms with Crippen molar-refractivity contribution in [1.82, 2.24) is 4.90 Å². The summed E-state index contributed by atoms with van der Waals surface area (Å²) in [6.07, 6.45) is -0.0255. The number of nitrogens with zero attached hydrogens (tertiary/aromatic N) is 1. The first-order chi connectivity index (χ1) is 6.11. The molecule has 1 atom stereocenters. The van der Waals surface area contributed by atoms with Gasteiger partial charge in [-0.3, -0.25) is 0 Å². The lowest BCUT2D eigenvalue weighted by atomic mass is 10.3. The Bertz CT molecular complexity index is 172. The van der Waals surface area contributed by atoms with Crippen LogP contribution in [0.3, 0.4) is 0 Å². The smallest absolute Gasteiger partial charge is 0.409 e. The molecule has 0 aliphatic heterocycles. The Morgan fingerprint density at radius 1 is 1.77 bits per heavy atom. The van der Waals surface area contributed by atoms with E-state index in [1.54, 1.807) is 0 Å². The molecule has 13 heavy (non-hydrogen) atoms. The number of aliphatic hydroxyl groups excluding tert-OH is 2. The van der Waals surface area contributed by atoms with Gasteiger partial charge in [0.1, 0.15) is 6.61 Å². The van der Waals surface area contributed by atoms with E-state index in [9.17, 15) is 4.79 Å². The third kappa shape index (κ3) is 5.21. The molecule has 76 valence electrons. The first-order valence-corrected chi connectivity index (χ1v) is 3.89. The summed E-state index contributed by atoms with van der Waals surface area (Å²) in [5, 5.41) is 17.5. The summed E-state index contributed by atoms with van der Waals surface area (Å²) in [6.45, 7) is 3.19. The highest BCUT2D eigenvalue weighted by molar-refractivity contribution is 5.67. The Balaban J connectivity index is 3.74.